The number of esters is 1. The van der Waals surface area contributed by atoms with Crippen molar-refractivity contribution in [3.8, 4) is 0 Å². The van der Waals surface area contributed by atoms with Gasteiger partial charge in [0.15, 0.2) is 5.76 Å². The number of carbonyl (C=O) groups is 2. The molecular weight excluding hydrogens is 268 g/mol. The Hall–Kier alpha value is -2.07. The molecule has 0 saturated carbocycles. The lowest BCUT2D eigenvalue weighted by Crippen LogP contribution is -2.03. The van der Waals surface area contributed by atoms with Crippen molar-refractivity contribution < 1.29 is 18.7 Å². The Bertz CT molecular complexity index is 643. The quantitative estimate of drug-likeness (QED) is 0.639. The molecule has 0 radical (unpaired) electrons. The second-order valence-corrected chi connectivity index (χ2v) is 4.38. The highest BCUT2D eigenvalue weighted by molar-refractivity contribution is 6.31. The summed E-state index contributed by atoms with van der Waals surface area (Å²) in [7, 11) is 1.24. The maximum Gasteiger partial charge on any atom is 0.373 e. The van der Waals surface area contributed by atoms with Crippen LogP contribution in [0.4, 0.5) is 0 Å². The van der Waals surface area contributed by atoms with Gasteiger partial charge in [-0.3, -0.25) is 4.79 Å². The van der Waals surface area contributed by atoms with Gasteiger partial charge in [0.1, 0.15) is 0 Å². The fourth-order valence-corrected chi connectivity index (χ4v) is 1.81. The SMILES string of the molecule is COC(=O)c1ccc(C(=O)c2cc(Cl)ccc2C)o1. The first kappa shape index (κ1) is 13.4. The standard InChI is InChI=1S/C14H11ClO4/c1-8-3-4-9(15)7-10(8)13(16)11-5-6-12(19-11)14(17)18-2/h3-7H,1-2H3. The van der Waals surface area contributed by atoms with E-state index in [2.05, 4.69) is 4.74 Å². The van der Waals surface area contributed by atoms with Crippen LogP contribution >= 0.6 is 11.6 Å². The van der Waals surface area contributed by atoms with E-state index in [1.807, 2.05) is 0 Å². The van der Waals surface area contributed by atoms with Crippen molar-refractivity contribution in [3.63, 3.8) is 0 Å². The van der Waals surface area contributed by atoms with Gasteiger partial charge in [-0.25, -0.2) is 4.79 Å². The van der Waals surface area contributed by atoms with Crippen LogP contribution in [0.1, 0.15) is 32.2 Å². The van der Waals surface area contributed by atoms with Gasteiger partial charge in [0.05, 0.1) is 7.11 Å². The van der Waals surface area contributed by atoms with Crippen LogP contribution < -0.4 is 0 Å². The van der Waals surface area contributed by atoms with Crippen LogP contribution in [0.5, 0.6) is 0 Å². The molecule has 0 bridgehead atoms. The third-order valence-corrected chi connectivity index (χ3v) is 2.90. The fourth-order valence-electron chi connectivity index (χ4n) is 1.64. The second-order valence-electron chi connectivity index (χ2n) is 3.94. The molecule has 0 aliphatic carbocycles. The predicted molar refractivity (Wildman–Crippen MR) is 69.7 cm³/mol. The first-order chi connectivity index (χ1) is 9.02. The summed E-state index contributed by atoms with van der Waals surface area (Å²) in [5, 5.41) is 0.466. The van der Waals surface area contributed by atoms with Crippen LogP contribution in [-0.2, 0) is 4.74 Å². The number of ether oxygens (including phenoxy) is 1. The number of carbonyl (C=O) groups excluding carboxylic acids is 2. The molecule has 2 rings (SSSR count). The second kappa shape index (κ2) is 5.28. The van der Waals surface area contributed by atoms with E-state index in [0.717, 1.165) is 5.56 Å². The molecule has 0 saturated heterocycles. The summed E-state index contributed by atoms with van der Waals surface area (Å²) in [6.07, 6.45) is 0. The molecule has 0 atom stereocenters. The summed E-state index contributed by atoms with van der Waals surface area (Å²) in [5.74, 6) is -0.881. The Balaban J connectivity index is 2.36. The molecule has 1 aromatic heterocycles. The third kappa shape index (κ3) is 2.69. The minimum absolute atomic E-state index is 0.00877. The summed E-state index contributed by atoms with van der Waals surface area (Å²) in [4.78, 5) is 23.5. The average molecular weight is 279 g/mol. The van der Waals surface area contributed by atoms with Crippen LogP contribution in [0.25, 0.3) is 0 Å². The van der Waals surface area contributed by atoms with Crippen molar-refractivity contribution in [3.05, 3.63) is 58.0 Å². The zero-order valence-corrected chi connectivity index (χ0v) is 11.2. The molecule has 19 heavy (non-hydrogen) atoms. The maximum absolute atomic E-state index is 12.2. The van der Waals surface area contributed by atoms with Gasteiger partial charge in [-0.15, -0.1) is 0 Å². The summed E-state index contributed by atoms with van der Waals surface area (Å²) in [5.41, 5.74) is 1.23. The van der Waals surface area contributed by atoms with E-state index in [0.29, 0.717) is 10.6 Å². The Morgan fingerprint density at radius 1 is 1.16 bits per heavy atom. The number of hydrogen-bond acceptors (Lipinski definition) is 4. The molecule has 1 aromatic carbocycles. The van der Waals surface area contributed by atoms with Crippen molar-refractivity contribution in [2.24, 2.45) is 0 Å². The molecule has 0 amide bonds. The molecule has 0 spiro atoms. The summed E-state index contributed by atoms with van der Waals surface area (Å²) in [6.45, 7) is 1.80. The lowest BCUT2D eigenvalue weighted by atomic mass is 10.0. The van der Waals surface area contributed by atoms with Crippen LogP contribution in [0.2, 0.25) is 5.02 Å². The van der Waals surface area contributed by atoms with E-state index >= 15 is 0 Å². The van der Waals surface area contributed by atoms with Crippen LogP contribution in [0, 0.1) is 6.92 Å². The van der Waals surface area contributed by atoms with Gasteiger partial charge in [0, 0.05) is 10.6 Å². The van der Waals surface area contributed by atoms with Gasteiger partial charge in [0.25, 0.3) is 0 Å². The first-order valence-electron chi connectivity index (χ1n) is 5.52. The number of benzene rings is 1. The number of halogens is 1. The molecule has 2 aromatic rings. The Kier molecular flexibility index (Phi) is 3.71. The molecule has 1 heterocycles. The van der Waals surface area contributed by atoms with Crippen molar-refractivity contribution in [2.75, 3.05) is 7.11 Å². The normalized spacial score (nSPS) is 10.3. The Labute approximate surface area is 114 Å². The molecule has 0 aliphatic heterocycles. The summed E-state index contributed by atoms with van der Waals surface area (Å²) >= 11 is 5.87. The highest BCUT2D eigenvalue weighted by Crippen LogP contribution is 2.20. The summed E-state index contributed by atoms with van der Waals surface area (Å²) in [6, 6.07) is 7.86. The van der Waals surface area contributed by atoms with E-state index in [1.165, 1.54) is 19.2 Å². The minimum atomic E-state index is -0.623. The number of aryl methyl sites for hydroxylation is 1. The van der Waals surface area contributed by atoms with E-state index in [-0.39, 0.29) is 17.3 Å². The zero-order valence-electron chi connectivity index (χ0n) is 10.4. The fraction of sp³-hybridized carbons (Fsp3) is 0.143. The highest BCUT2D eigenvalue weighted by atomic mass is 35.5. The smallest absolute Gasteiger partial charge is 0.373 e. The van der Waals surface area contributed by atoms with Crippen LogP contribution in [-0.4, -0.2) is 18.9 Å². The van der Waals surface area contributed by atoms with Gasteiger partial charge >= 0.3 is 5.97 Å². The first-order valence-corrected chi connectivity index (χ1v) is 5.89. The van der Waals surface area contributed by atoms with Gasteiger partial charge in [-0.05, 0) is 36.8 Å². The van der Waals surface area contributed by atoms with Crippen molar-refractivity contribution >= 4 is 23.4 Å². The van der Waals surface area contributed by atoms with Gasteiger partial charge in [-0.1, -0.05) is 17.7 Å². The molecule has 98 valence electrons. The van der Waals surface area contributed by atoms with Gasteiger partial charge in [-0.2, -0.15) is 0 Å². The van der Waals surface area contributed by atoms with E-state index in [9.17, 15) is 9.59 Å². The van der Waals surface area contributed by atoms with E-state index < -0.39 is 5.97 Å². The monoisotopic (exact) mass is 278 g/mol. The molecule has 5 heteroatoms. The lowest BCUT2D eigenvalue weighted by Gasteiger charge is -2.03. The van der Waals surface area contributed by atoms with E-state index in [4.69, 9.17) is 16.0 Å². The number of methoxy groups -OCH3 is 1. The van der Waals surface area contributed by atoms with Crippen molar-refractivity contribution in [1.82, 2.24) is 0 Å². The zero-order chi connectivity index (χ0) is 14.0. The molecule has 0 unspecified atom stereocenters. The lowest BCUT2D eigenvalue weighted by molar-refractivity contribution is 0.0563. The summed E-state index contributed by atoms with van der Waals surface area (Å²) < 4.78 is 9.69. The number of furan rings is 1. The minimum Gasteiger partial charge on any atom is -0.463 e. The Morgan fingerprint density at radius 2 is 1.84 bits per heavy atom. The molecule has 0 fully saturated rings. The average Bonchev–Trinajstić information content (AvgIpc) is 2.89. The molecule has 0 N–H and O–H groups in total. The Morgan fingerprint density at radius 3 is 2.53 bits per heavy atom. The maximum atomic E-state index is 12.2. The third-order valence-electron chi connectivity index (χ3n) is 2.66. The molecule has 0 aliphatic rings. The van der Waals surface area contributed by atoms with Gasteiger partial charge < -0.3 is 9.15 Å². The molecular formula is C14H11ClO4. The number of rotatable bonds is 3. The van der Waals surface area contributed by atoms with Crippen LogP contribution in [0.15, 0.2) is 34.7 Å². The van der Waals surface area contributed by atoms with Gasteiger partial charge in [0.2, 0.25) is 11.5 Å². The highest BCUT2D eigenvalue weighted by Gasteiger charge is 2.19. The topological polar surface area (TPSA) is 56.5 Å². The van der Waals surface area contributed by atoms with E-state index in [1.54, 1.807) is 25.1 Å². The largest absolute Gasteiger partial charge is 0.463 e. The molecule has 4 nitrogen and oxygen atoms in total. The number of ketones is 1. The van der Waals surface area contributed by atoms with Crippen molar-refractivity contribution in [2.45, 2.75) is 6.92 Å². The predicted octanol–water partition coefficient (Wildman–Crippen LogP) is 3.26. The van der Waals surface area contributed by atoms with Crippen molar-refractivity contribution in [1.29, 1.82) is 0 Å². The number of hydrogen-bond donors (Lipinski definition) is 0. The van der Waals surface area contributed by atoms with Crippen LogP contribution in [0.3, 0.4) is 0 Å².